The number of para-hydroxylation sites is 1. The number of hydrogen-bond acceptors (Lipinski definition) is 5. The molecule has 2 aromatic rings. The summed E-state index contributed by atoms with van der Waals surface area (Å²) in [5.74, 6) is 2.91. The first-order chi connectivity index (χ1) is 13.3. The van der Waals surface area contributed by atoms with E-state index in [4.69, 9.17) is 21.1 Å². The van der Waals surface area contributed by atoms with Crippen LogP contribution in [0.25, 0.3) is 0 Å². The number of benzene rings is 2. The Morgan fingerprint density at radius 1 is 0.963 bits per heavy atom. The summed E-state index contributed by atoms with van der Waals surface area (Å²) in [5.41, 5.74) is 1.17. The van der Waals surface area contributed by atoms with E-state index >= 15 is 0 Å². The monoisotopic (exact) mass is 404 g/mol. The Labute approximate surface area is 170 Å². The lowest BCUT2D eigenvalue weighted by Crippen LogP contribution is -2.46. The SMILES string of the molecule is Clc1cccc(SCCCN2CCN(c3cccc4c3OCCO4)CC2)c1. The zero-order chi connectivity index (χ0) is 18.5. The smallest absolute Gasteiger partial charge is 0.184 e. The van der Waals surface area contributed by atoms with Gasteiger partial charge in [-0.2, -0.15) is 0 Å². The van der Waals surface area contributed by atoms with Crippen molar-refractivity contribution in [3.63, 3.8) is 0 Å². The van der Waals surface area contributed by atoms with Crippen LogP contribution in [0.3, 0.4) is 0 Å². The largest absolute Gasteiger partial charge is 0.486 e. The number of thioether (sulfide) groups is 1. The lowest BCUT2D eigenvalue weighted by atomic mass is 10.2. The van der Waals surface area contributed by atoms with Crippen LogP contribution in [-0.4, -0.2) is 56.6 Å². The second-order valence-electron chi connectivity index (χ2n) is 6.79. The van der Waals surface area contributed by atoms with Crippen molar-refractivity contribution in [1.82, 2.24) is 4.90 Å². The van der Waals surface area contributed by atoms with Crippen LogP contribution in [0.5, 0.6) is 11.5 Å². The first-order valence-electron chi connectivity index (χ1n) is 9.54. The molecule has 6 heteroatoms. The third-order valence-corrected chi connectivity index (χ3v) is 6.26. The van der Waals surface area contributed by atoms with Gasteiger partial charge in [-0.25, -0.2) is 0 Å². The van der Waals surface area contributed by atoms with Crippen LogP contribution in [0.4, 0.5) is 5.69 Å². The van der Waals surface area contributed by atoms with Gasteiger partial charge in [-0.05, 0) is 49.1 Å². The second kappa shape index (κ2) is 9.09. The third-order valence-electron chi connectivity index (χ3n) is 4.94. The summed E-state index contributed by atoms with van der Waals surface area (Å²) in [7, 11) is 0. The summed E-state index contributed by atoms with van der Waals surface area (Å²) in [4.78, 5) is 6.23. The van der Waals surface area contributed by atoms with E-state index in [1.165, 1.54) is 17.0 Å². The van der Waals surface area contributed by atoms with Gasteiger partial charge in [0.05, 0.1) is 5.69 Å². The van der Waals surface area contributed by atoms with Crippen molar-refractivity contribution in [3.05, 3.63) is 47.5 Å². The average Bonchev–Trinajstić information content (AvgIpc) is 2.71. The van der Waals surface area contributed by atoms with Gasteiger partial charge in [0.1, 0.15) is 13.2 Å². The molecule has 1 saturated heterocycles. The summed E-state index contributed by atoms with van der Waals surface area (Å²) in [6, 6.07) is 14.3. The Hall–Kier alpha value is -1.56. The zero-order valence-electron chi connectivity index (χ0n) is 15.4. The number of rotatable bonds is 6. The highest BCUT2D eigenvalue weighted by molar-refractivity contribution is 7.99. The molecule has 2 heterocycles. The molecule has 4 nitrogen and oxygen atoms in total. The molecule has 1 fully saturated rings. The number of piperazine rings is 1. The Bertz CT molecular complexity index is 766. The molecule has 2 aliphatic rings. The standard InChI is InChI=1S/C21H25ClN2O2S/c22-17-4-1-5-18(16-17)27-15-3-8-23-9-11-24(12-10-23)19-6-2-7-20-21(19)26-14-13-25-20/h1-2,4-7,16H,3,8-15H2. The normalized spacial score (nSPS) is 17.1. The molecule has 0 N–H and O–H groups in total. The summed E-state index contributed by atoms with van der Waals surface area (Å²) in [6.45, 7) is 6.65. The number of nitrogens with zero attached hydrogens (tertiary/aromatic N) is 2. The summed E-state index contributed by atoms with van der Waals surface area (Å²) >= 11 is 7.93. The van der Waals surface area contributed by atoms with Crippen LogP contribution in [0, 0.1) is 0 Å². The Kier molecular flexibility index (Phi) is 6.32. The summed E-state index contributed by atoms with van der Waals surface area (Å²) in [6.07, 6.45) is 1.19. The maximum Gasteiger partial charge on any atom is 0.184 e. The highest BCUT2D eigenvalue weighted by Gasteiger charge is 2.23. The van der Waals surface area contributed by atoms with Crippen molar-refractivity contribution in [3.8, 4) is 11.5 Å². The van der Waals surface area contributed by atoms with E-state index in [9.17, 15) is 0 Å². The molecule has 0 unspecified atom stereocenters. The highest BCUT2D eigenvalue weighted by Crippen LogP contribution is 2.39. The van der Waals surface area contributed by atoms with Gasteiger partial charge in [0, 0.05) is 36.1 Å². The highest BCUT2D eigenvalue weighted by atomic mass is 35.5. The first kappa shape index (κ1) is 18.8. The number of hydrogen-bond donors (Lipinski definition) is 0. The van der Waals surface area contributed by atoms with Crippen LogP contribution in [-0.2, 0) is 0 Å². The number of fused-ring (bicyclic) bond motifs is 1. The van der Waals surface area contributed by atoms with Crippen LogP contribution < -0.4 is 14.4 Å². The molecule has 0 bridgehead atoms. The molecule has 0 aromatic heterocycles. The average molecular weight is 405 g/mol. The van der Waals surface area contributed by atoms with Gasteiger partial charge in [-0.3, -0.25) is 4.90 Å². The second-order valence-corrected chi connectivity index (χ2v) is 8.39. The van der Waals surface area contributed by atoms with E-state index in [0.29, 0.717) is 13.2 Å². The van der Waals surface area contributed by atoms with Gasteiger partial charge in [0.15, 0.2) is 11.5 Å². The Morgan fingerprint density at radius 3 is 2.63 bits per heavy atom. The fourth-order valence-corrected chi connectivity index (χ4v) is 4.70. The van der Waals surface area contributed by atoms with Crippen molar-refractivity contribution in [2.24, 2.45) is 0 Å². The molecular formula is C21H25ClN2O2S. The minimum atomic E-state index is 0.633. The van der Waals surface area contributed by atoms with Gasteiger partial charge < -0.3 is 14.4 Å². The van der Waals surface area contributed by atoms with Crippen LogP contribution in [0.2, 0.25) is 5.02 Å². The third kappa shape index (κ3) is 4.84. The minimum absolute atomic E-state index is 0.633. The number of anilines is 1. The van der Waals surface area contributed by atoms with E-state index < -0.39 is 0 Å². The molecule has 0 atom stereocenters. The Morgan fingerprint density at radius 2 is 1.78 bits per heavy atom. The predicted molar refractivity (Wildman–Crippen MR) is 113 cm³/mol. The fraction of sp³-hybridized carbons (Fsp3) is 0.429. The summed E-state index contributed by atoms with van der Waals surface area (Å²) < 4.78 is 11.6. The molecule has 2 aromatic carbocycles. The van der Waals surface area contributed by atoms with Gasteiger partial charge in [-0.15, -0.1) is 11.8 Å². The molecule has 4 rings (SSSR count). The molecule has 2 aliphatic heterocycles. The van der Waals surface area contributed by atoms with Crippen LogP contribution >= 0.6 is 23.4 Å². The van der Waals surface area contributed by atoms with E-state index in [2.05, 4.69) is 28.0 Å². The molecule has 0 amide bonds. The van der Waals surface area contributed by atoms with Crippen molar-refractivity contribution >= 4 is 29.1 Å². The van der Waals surface area contributed by atoms with Crippen molar-refractivity contribution in [1.29, 1.82) is 0 Å². The lowest BCUT2D eigenvalue weighted by molar-refractivity contribution is 0.171. The van der Waals surface area contributed by atoms with Gasteiger partial charge >= 0.3 is 0 Å². The van der Waals surface area contributed by atoms with Gasteiger partial charge in [-0.1, -0.05) is 23.7 Å². The molecule has 0 aliphatic carbocycles. The van der Waals surface area contributed by atoms with E-state index in [0.717, 1.165) is 55.0 Å². The number of ether oxygens (including phenoxy) is 2. The molecule has 27 heavy (non-hydrogen) atoms. The van der Waals surface area contributed by atoms with E-state index in [1.807, 2.05) is 36.0 Å². The summed E-state index contributed by atoms with van der Waals surface area (Å²) in [5, 5.41) is 0.814. The van der Waals surface area contributed by atoms with Crippen molar-refractivity contribution in [2.45, 2.75) is 11.3 Å². The molecule has 0 radical (unpaired) electrons. The van der Waals surface area contributed by atoms with Gasteiger partial charge in [0.2, 0.25) is 0 Å². The topological polar surface area (TPSA) is 24.9 Å². The van der Waals surface area contributed by atoms with E-state index in [1.54, 1.807) is 0 Å². The fourth-order valence-electron chi connectivity index (χ4n) is 3.55. The lowest BCUT2D eigenvalue weighted by Gasteiger charge is -2.37. The van der Waals surface area contributed by atoms with Crippen molar-refractivity contribution in [2.75, 3.05) is 56.6 Å². The van der Waals surface area contributed by atoms with Crippen LogP contribution in [0.1, 0.15) is 6.42 Å². The minimum Gasteiger partial charge on any atom is -0.486 e. The predicted octanol–water partition coefficient (Wildman–Crippen LogP) is 4.42. The van der Waals surface area contributed by atoms with Crippen LogP contribution in [0.15, 0.2) is 47.4 Å². The zero-order valence-corrected chi connectivity index (χ0v) is 17.0. The van der Waals surface area contributed by atoms with Gasteiger partial charge in [0.25, 0.3) is 0 Å². The molecular weight excluding hydrogens is 380 g/mol. The maximum absolute atomic E-state index is 6.04. The maximum atomic E-state index is 6.04. The Balaban J connectivity index is 1.23. The first-order valence-corrected chi connectivity index (χ1v) is 10.9. The quantitative estimate of drug-likeness (QED) is 0.524. The molecule has 0 saturated carbocycles. The molecule has 144 valence electrons. The van der Waals surface area contributed by atoms with E-state index in [-0.39, 0.29) is 0 Å². The van der Waals surface area contributed by atoms with Crippen molar-refractivity contribution < 1.29 is 9.47 Å². The molecule has 0 spiro atoms. The number of halogens is 1.